The number of phenols is 1. The van der Waals surface area contributed by atoms with Gasteiger partial charge in [0.2, 0.25) is 0 Å². The van der Waals surface area contributed by atoms with Gasteiger partial charge >= 0.3 is 0 Å². The summed E-state index contributed by atoms with van der Waals surface area (Å²) in [4.78, 5) is 11.2. The zero-order valence-corrected chi connectivity index (χ0v) is 9.31. The second-order valence-corrected chi connectivity index (χ2v) is 4.41. The van der Waals surface area contributed by atoms with Gasteiger partial charge in [-0.3, -0.25) is 4.79 Å². The summed E-state index contributed by atoms with van der Waals surface area (Å²) in [6.45, 7) is 1.92. The molecule has 0 bridgehead atoms. The first-order valence-corrected chi connectivity index (χ1v) is 5.75. The van der Waals surface area contributed by atoms with E-state index in [9.17, 15) is 9.18 Å². The molecule has 0 heterocycles. The number of aryl methyl sites for hydroxylation is 1. The number of carbonyl (C=O) groups excluding carboxylic acids is 1. The van der Waals surface area contributed by atoms with Crippen molar-refractivity contribution in [1.29, 1.82) is 0 Å². The summed E-state index contributed by atoms with van der Waals surface area (Å²) in [5, 5.41) is 9.23. The Hall–Kier alpha value is -1.03. The van der Waals surface area contributed by atoms with Crippen molar-refractivity contribution in [2.45, 2.75) is 19.8 Å². The number of aromatic hydroxyl groups is 1. The Bertz CT molecular complexity index is 352. The summed E-state index contributed by atoms with van der Waals surface area (Å²) < 4.78 is 12.7. The van der Waals surface area contributed by atoms with E-state index in [0.29, 0.717) is 12.8 Å². The van der Waals surface area contributed by atoms with Crippen LogP contribution in [0.1, 0.15) is 18.9 Å². The number of phenolic OH excluding ortho intramolecular Hbond substituents is 1. The van der Waals surface area contributed by atoms with Crippen molar-refractivity contribution in [3.05, 3.63) is 29.6 Å². The fourth-order valence-electron chi connectivity index (χ4n) is 1.19. The number of carbonyl (C=O) groups is 1. The highest BCUT2D eigenvalue weighted by Gasteiger charge is 2.04. The summed E-state index contributed by atoms with van der Waals surface area (Å²) >= 11 is 1.28. The highest BCUT2D eigenvalue weighted by atomic mass is 32.2. The van der Waals surface area contributed by atoms with E-state index in [2.05, 4.69) is 0 Å². The van der Waals surface area contributed by atoms with Gasteiger partial charge in [0.05, 0.1) is 0 Å². The minimum atomic E-state index is -0.631. The van der Waals surface area contributed by atoms with Crippen LogP contribution in [0.5, 0.6) is 5.75 Å². The Balaban J connectivity index is 2.51. The summed E-state index contributed by atoms with van der Waals surface area (Å²) in [5.41, 5.74) is 0.777. The Labute approximate surface area is 92.5 Å². The molecule has 1 aromatic carbocycles. The van der Waals surface area contributed by atoms with Gasteiger partial charge in [-0.05, 0) is 29.9 Å². The molecule has 0 aliphatic heterocycles. The lowest BCUT2D eigenvalue weighted by Gasteiger charge is -2.01. The minimum Gasteiger partial charge on any atom is -0.505 e. The van der Waals surface area contributed by atoms with E-state index in [-0.39, 0.29) is 10.9 Å². The first-order chi connectivity index (χ1) is 7.13. The predicted molar refractivity (Wildman–Crippen MR) is 59.5 cm³/mol. The van der Waals surface area contributed by atoms with Gasteiger partial charge in [-0.25, -0.2) is 4.39 Å². The Morgan fingerprint density at radius 3 is 2.87 bits per heavy atom. The fraction of sp³-hybridized carbons (Fsp3) is 0.364. The van der Waals surface area contributed by atoms with Crippen LogP contribution in [-0.4, -0.2) is 16.0 Å². The van der Waals surface area contributed by atoms with E-state index in [1.807, 2.05) is 6.92 Å². The lowest BCUT2D eigenvalue weighted by atomic mass is 10.1. The van der Waals surface area contributed by atoms with E-state index in [1.165, 1.54) is 23.9 Å². The maximum atomic E-state index is 12.7. The molecule has 0 amide bonds. The van der Waals surface area contributed by atoms with E-state index in [0.717, 1.165) is 11.3 Å². The van der Waals surface area contributed by atoms with Gasteiger partial charge in [0.25, 0.3) is 0 Å². The fourth-order valence-corrected chi connectivity index (χ4v) is 1.76. The van der Waals surface area contributed by atoms with Crippen LogP contribution in [0, 0.1) is 5.82 Å². The van der Waals surface area contributed by atoms with E-state index in [1.54, 1.807) is 6.07 Å². The summed E-state index contributed by atoms with van der Waals surface area (Å²) in [5.74, 6) is -0.218. The van der Waals surface area contributed by atoms with Crippen LogP contribution < -0.4 is 0 Å². The van der Waals surface area contributed by atoms with Crippen molar-refractivity contribution < 1.29 is 14.3 Å². The highest BCUT2D eigenvalue weighted by Crippen LogP contribution is 2.18. The number of rotatable bonds is 4. The standard InChI is InChI=1S/C11H13FO2S/c1-2-15-11(14)6-4-8-3-5-9(12)10(13)7-8/h3,5,7,13H,2,4,6H2,1H3. The molecule has 0 unspecified atom stereocenters. The van der Waals surface area contributed by atoms with Crippen LogP contribution >= 0.6 is 11.8 Å². The molecule has 0 fully saturated rings. The van der Waals surface area contributed by atoms with Gasteiger partial charge in [-0.15, -0.1) is 0 Å². The average Bonchev–Trinajstić information content (AvgIpc) is 2.20. The average molecular weight is 228 g/mol. The number of hydrogen-bond acceptors (Lipinski definition) is 3. The molecule has 0 spiro atoms. The second-order valence-electron chi connectivity index (χ2n) is 3.09. The van der Waals surface area contributed by atoms with Gasteiger partial charge in [-0.2, -0.15) is 0 Å². The summed E-state index contributed by atoms with van der Waals surface area (Å²) in [6, 6.07) is 4.15. The molecule has 0 radical (unpaired) electrons. The van der Waals surface area contributed by atoms with E-state index >= 15 is 0 Å². The zero-order valence-electron chi connectivity index (χ0n) is 8.50. The summed E-state index contributed by atoms with van der Waals surface area (Å²) in [6.07, 6.45) is 0.962. The Morgan fingerprint density at radius 2 is 2.27 bits per heavy atom. The van der Waals surface area contributed by atoms with Crippen molar-refractivity contribution in [3.8, 4) is 5.75 Å². The van der Waals surface area contributed by atoms with Crippen molar-refractivity contribution in [3.63, 3.8) is 0 Å². The maximum Gasteiger partial charge on any atom is 0.189 e. The lowest BCUT2D eigenvalue weighted by Crippen LogP contribution is -1.95. The van der Waals surface area contributed by atoms with Gasteiger partial charge in [0.1, 0.15) is 0 Å². The monoisotopic (exact) mass is 228 g/mol. The van der Waals surface area contributed by atoms with Gasteiger partial charge in [0, 0.05) is 6.42 Å². The third-order valence-electron chi connectivity index (χ3n) is 1.93. The molecular formula is C11H13FO2S. The zero-order chi connectivity index (χ0) is 11.3. The predicted octanol–water partition coefficient (Wildman–Crippen LogP) is 2.74. The third-order valence-corrected chi connectivity index (χ3v) is 2.75. The molecule has 0 aliphatic rings. The lowest BCUT2D eigenvalue weighted by molar-refractivity contribution is -0.110. The molecule has 0 atom stereocenters. The molecule has 1 aromatic rings. The molecule has 1 rings (SSSR count). The van der Waals surface area contributed by atoms with Crippen LogP contribution in [0.15, 0.2) is 18.2 Å². The smallest absolute Gasteiger partial charge is 0.189 e. The topological polar surface area (TPSA) is 37.3 Å². The van der Waals surface area contributed by atoms with Crippen molar-refractivity contribution >= 4 is 16.9 Å². The van der Waals surface area contributed by atoms with Crippen LogP contribution in [0.3, 0.4) is 0 Å². The van der Waals surface area contributed by atoms with Crippen LogP contribution in [0.4, 0.5) is 4.39 Å². The molecule has 4 heteroatoms. The SMILES string of the molecule is CCSC(=O)CCc1ccc(F)c(O)c1. The molecule has 15 heavy (non-hydrogen) atoms. The first kappa shape index (κ1) is 12.0. The number of thioether (sulfide) groups is 1. The minimum absolute atomic E-state index is 0.126. The van der Waals surface area contributed by atoms with Gasteiger partial charge < -0.3 is 5.11 Å². The normalized spacial score (nSPS) is 10.3. The maximum absolute atomic E-state index is 12.7. The van der Waals surface area contributed by atoms with Gasteiger partial charge in [-0.1, -0.05) is 24.8 Å². The van der Waals surface area contributed by atoms with Crippen LogP contribution in [0.2, 0.25) is 0 Å². The number of benzene rings is 1. The third kappa shape index (κ3) is 3.91. The quantitative estimate of drug-likeness (QED) is 0.861. The van der Waals surface area contributed by atoms with E-state index < -0.39 is 5.82 Å². The largest absolute Gasteiger partial charge is 0.505 e. The van der Waals surface area contributed by atoms with E-state index in [4.69, 9.17) is 5.11 Å². The molecular weight excluding hydrogens is 215 g/mol. The molecule has 0 aromatic heterocycles. The van der Waals surface area contributed by atoms with Gasteiger partial charge in [0.15, 0.2) is 16.7 Å². The molecule has 1 N–H and O–H groups in total. The van der Waals surface area contributed by atoms with Crippen molar-refractivity contribution in [1.82, 2.24) is 0 Å². The molecule has 82 valence electrons. The molecule has 0 saturated carbocycles. The first-order valence-electron chi connectivity index (χ1n) is 4.76. The van der Waals surface area contributed by atoms with Crippen molar-refractivity contribution in [2.24, 2.45) is 0 Å². The highest BCUT2D eigenvalue weighted by molar-refractivity contribution is 8.13. The summed E-state index contributed by atoms with van der Waals surface area (Å²) in [7, 11) is 0. The second kappa shape index (κ2) is 5.75. The number of halogens is 1. The molecule has 0 aliphatic carbocycles. The Morgan fingerprint density at radius 1 is 1.53 bits per heavy atom. The van der Waals surface area contributed by atoms with Crippen LogP contribution in [-0.2, 0) is 11.2 Å². The van der Waals surface area contributed by atoms with Crippen LogP contribution in [0.25, 0.3) is 0 Å². The number of hydrogen-bond donors (Lipinski definition) is 1. The molecule has 0 saturated heterocycles. The van der Waals surface area contributed by atoms with Crippen molar-refractivity contribution in [2.75, 3.05) is 5.75 Å². The molecule has 2 nitrogen and oxygen atoms in total. The Kier molecular flexibility index (Phi) is 4.62.